The molecular formula is C28H32Cl2N2Ti-2. The summed E-state index contributed by atoms with van der Waals surface area (Å²) in [7, 11) is 4.21. The second kappa shape index (κ2) is 13.9. The first kappa shape index (κ1) is 31.3. The van der Waals surface area contributed by atoms with Crippen molar-refractivity contribution in [3.8, 4) is 0 Å². The van der Waals surface area contributed by atoms with Crippen molar-refractivity contribution in [3.63, 3.8) is 0 Å². The van der Waals surface area contributed by atoms with Crippen molar-refractivity contribution in [2.75, 3.05) is 20.6 Å². The first-order valence-electron chi connectivity index (χ1n) is 10.4. The SMILES string of the molecule is Cc1cc(C)c([NH-])c(C)c1.[CH2-]c1c(C2=CC(CN(C)C)=CC2)ccc2ccccc12.[Cl-].[Cl-].[Ti+2]. The van der Waals surface area contributed by atoms with E-state index < -0.39 is 0 Å². The Hall–Kier alpha value is -1.68. The number of allylic oxidation sites excluding steroid dienone is 2. The zero-order valence-electron chi connectivity index (χ0n) is 20.1. The smallest absolute Gasteiger partial charge is 1.00 e. The molecule has 0 heterocycles. The molecule has 2 nitrogen and oxygen atoms in total. The molecule has 1 aliphatic carbocycles. The Morgan fingerprint density at radius 3 is 2.15 bits per heavy atom. The van der Waals surface area contributed by atoms with Gasteiger partial charge in [0.05, 0.1) is 0 Å². The van der Waals surface area contributed by atoms with Crippen molar-refractivity contribution in [3.05, 3.63) is 107 Å². The van der Waals surface area contributed by atoms with Gasteiger partial charge < -0.3 is 35.4 Å². The molecule has 0 radical (unpaired) electrons. The Kier molecular flexibility index (Phi) is 13.2. The van der Waals surface area contributed by atoms with Crippen LogP contribution in [0.2, 0.25) is 0 Å². The van der Waals surface area contributed by atoms with Gasteiger partial charge in [0.2, 0.25) is 0 Å². The Morgan fingerprint density at radius 1 is 0.939 bits per heavy atom. The predicted octanol–water partition coefficient (Wildman–Crippen LogP) is 1.60. The molecular weight excluding hydrogens is 483 g/mol. The van der Waals surface area contributed by atoms with Crippen LogP contribution in [0.3, 0.4) is 0 Å². The molecule has 0 aliphatic heterocycles. The average molecular weight is 515 g/mol. The van der Waals surface area contributed by atoms with E-state index >= 15 is 0 Å². The third kappa shape index (κ3) is 7.95. The predicted molar refractivity (Wildman–Crippen MR) is 132 cm³/mol. The zero-order chi connectivity index (χ0) is 21.8. The molecule has 0 unspecified atom stereocenters. The van der Waals surface area contributed by atoms with Crippen LogP contribution in [0.15, 0.2) is 66.3 Å². The van der Waals surface area contributed by atoms with Gasteiger partial charge in [-0.1, -0.05) is 76.2 Å². The third-order valence-electron chi connectivity index (χ3n) is 5.51. The fourth-order valence-electron chi connectivity index (χ4n) is 4.06. The first-order chi connectivity index (χ1) is 14.3. The number of likely N-dealkylation sites (N-methyl/N-ethyl adjacent to an activating group) is 1. The van der Waals surface area contributed by atoms with Gasteiger partial charge in [0, 0.05) is 6.54 Å². The zero-order valence-corrected chi connectivity index (χ0v) is 23.2. The quantitative estimate of drug-likeness (QED) is 0.385. The number of halogens is 2. The van der Waals surface area contributed by atoms with Gasteiger partial charge in [-0.3, -0.25) is 0 Å². The molecule has 5 heteroatoms. The molecule has 0 saturated carbocycles. The summed E-state index contributed by atoms with van der Waals surface area (Å²) in [4.78, 5) is 2.21. The van der Waals surface area contributed by atoms with E-state index in [1.807, 2.05) is 26.0 Å². The summed E-state index contributed by atoms with van der Waals surface area (Å²) in [5.74, 6) is 0. The monoisotopic (exact) mass is 514 g/mol. The number of rotatable bonds is 3. The van der Waals surface area contributed by atoms with Gasteiger partial charge in [0.15, 0.2) is 0 Å². The fourth-order valence-corrected chi connectivity index (χ4v) is 4.06. The van der Waals surface area contributed by atoms with E-state index in [0.29, 0.717) is 5.69 Å². The van der Waals surface area contributed by atoms with E-state index in [2.05, 4.69) is 81.4 Å². The number of aryl methyl sites for hydroxylation is 3. The molecule has 0 saturated heterocycles. The Morgan fingerprint density at radius 2 is 1.55 bits per heavy atom. The Bertz CT molecular complexity index is 1110. The molecule has 0 amide bonds. The van der Waals surface area contributed by atoms with Crippen molar-refractivity contribution < 1.29 is 46.5 Å². The van der Waals surface area contributed by atoms with E-state index in [9.17, 15) is 0 Å². The molecule has 3 aromatic rings. The van der Waals surface area contributed by atoms with Crippen LogP contribution < -0.4 is 24.8 Å². The van der Waals surface area contributed by atoms with Gasteiger partial charge in [0.25, 0.3) is 0 Å². The van der Waals surface area contributed by atoms with Gasteiger partial charge >= 0.3 is 21.7 Å². The van der Waals surface area contributed by atoms with Crippen LogP contribution in [0.25, 0.3) is 22.1 Å². The molecule has 174 valence electrons. The molecule has 1 N–H and O–H groups in total. The molecule has 0 atom stereocenters. The van der Waals surface area contributed by atoms with Crippen LogP contribution >= 0.6 is 0 Å². The summed E-state index contributed by atoms with van der Waals surface area (Å²) < 4.78 is 0. The first-order valence-corrected chi connectivity index (χ1v) is 10.4. The molecule has 3 aromatic carbocycles. The van der Waals surface area contributed by atoms with Crippen LogP contribution in [-0.4, -0.2) is 25.5 Å². The summed E-state index contributed by atoms with van der Waals surface area (Å²) in [6.07, 6.45) is 5.66. The minimum atomic E-state index is 0. The Labute approximate surface area is 227 Å². The maximum absolute atomic E-state index is 7.54. The third-order valence-corrected chi connectivity index (χ3v) is 5.51. The molecule has 0 aromatic heterocycles. The number of nitrogens with zero attached hydrogens (tertiary/aromatic N) is 1. The number of hydrogen-bond acceptors (Lipinski definition) is 1. The normalized spacial score (nSPS) is 11.9. The molecule has 4 rings (SSSR count). The number of benzene rings is 3. The summed E-state index contributed by atoms with van der Waals surface area (Å²) in [6, 6.07) is 16.9. The maximum atomic E-state index is 7.54. The maximum Gasteiger partial charge on any atom is 2.00 e. The number of nitrogens with one attached hydrogen (secondary N) is 1. The van der Waals surface area contributed by atoms with Gasteiger partial charge in [0.1, 0.15) is 0 Å². The summed E-state index contributed by atoms with van der Waals surface area (Å²) in [5, 5.41) is 2.52. The summed E-state index contributed by atoms with van der Waals surface area (Å²) in [5.41, 5.74) is 16.8. The fraction of sp³-hybridized carbons (Fsp3) is 0.250. The van der Waals surface area contributed by atoms with Crippen molar-refractivity contribution in [2.24, 2.45) is 0 Å². The van der Waals surface area contributed by atoms with E-state index in [0.717, 1.165) is 29.7 Å². The standard InChI is InChI=1S/C19H20N.C9H12N.2ClH.Ti/c1-14-18-7-5-4-6-16(18)10-11-19(14)17-9-8-15(12-17)13-20(2)3;1-6-4-7(2)9(10)8(3)5-6;;;/h4-8,10-12H,1,9,13H2,2-3H3;4-5,10H,1-3H3;2*1H;/q2*-1;;;+2/p-2. The van der Waals surface area contributed by atoms with Crippen LogP contribution in [0, 0.1) is 27.7 Å². The van der Waals surface area contributed by atoms with Crippen LogP contribution in [0.4, 0.5) is 5.69 Å². The van der Waals surface area contributed by atoms with E-state index in [1.54, 1.807) is 0 Å². The van der Waals surface area contributed by atoms with Crippen molar-refractivity contribution in [1.29, 1.82) is 0 Å². The minimum absolute atomic E-state index is 0. The van der Waals surface area contributed by atoms with Crippen LogP contribution in [0.5, 0.6) is 0 Å². The second-order valence-corrected chi connectivity index (χ2v) is 8.48. The van der Waals surface area contributed by atoms with E-state index in [1.165, 1.54) is 33.0 Å². The van der Waals surface area contributed by atoms with Gasteiger partial charge in [-0.05, 0) is 46.9 Å². The van der Waals surface area contributed by atoms with Gasteiger partial charge in [-0.25, -0.2) is 0 Å². The number of fused-ring (bicyclic) bond motifs is 1. The number of hydrogen-bond donors (Lipinski definition) is 0. The second-order valence-electron chi connectivity index (χ2n) is 8.48. The van der Waals surface area contributed by atoms with Crippen molar-refractivity contribution in [2.45, 2.75) is 27.2 Å². The molecule has 1 aliphatic rings. The minimum Gasteiger partial charge on any atom is -1.00 e. The van der Waals surface area contributed by atoms with Crippen LogP contribution in [0.1, 0.15) is 34.2 Å². The topological polar surface area (TPSA) is 27.0 Å². The summed E-state index contributed by atoms with van der Waals surface area (Å²) in [6.45, 7) is 11.3. The van der Waals surface area contributed by atoms with Crippen LogP contribution in [-0.2, 0) is 21.7 Å². The van der Waals surface area contributed by atoms with Crippen molar-refractivity contribution >= 4 is 22.0 Å². The summed E-state index contributed by atoms with van der Waals surface area (Å²) >= 11 is 0. The van der Waals surface area contributed by atoms with E-state index in [4.69, 9.17) is 5.73 Å². The molecule has 0 bridgehead atoms. The van der Waals surface area contributed by atoms with E-state index in [-0.39, 0.29) is 46.5 Å². The van der Waals surface area contributed by atoms with Gasteiger partial charge in [-0.2, -0.15) is 12.5 Å². The largest absolute Gasteiger partial charge is 2.00 e. The Balaban J connectivity index is 0.000000681. The molecule has 0 fully saturated rings. The molecule has 33 heavy (non-hydrogen) atoms. The average Bonchev–Trinajstić information content (AvgIpc) is 3.14. The van der Waals surface area contributed by atoms with Crippen molar-refractivity contribution in [1.82, 2.24) is 4.90 Å². The molecule has 0 spiro atoms. The van der Waals surface area contributed by atoms with Gasteiger partial charge in [-0.15, -0.1) is 28.8 Å².